The van der Waals surface area contributed by atoms with Crippen molar-refractivity contribution in [3.05, 3.63) is 53.7 Å². The van der Waals surface area contributed by atoms with Gasteiger partial charge in [0.15, 0.2) is 17.0 Å². The molecule has 1 aromatic carbocycles. The molecule has 1 fully saturated rings. The lowest BCUT2D eigenvalue weighted by molar-refractivity contribution is 0.410. The first-order chi connectivity index (χ1) is 16.1. The van der Waals surface area contributed by atoms with Gasteiger partial charge in [-0.1, -0.05) is 30.3 Å². The number of hydrogen-bond acceptors (Lipinski definition) is 7. The van der Waals surface area contributed by atoms with Crippen LogP contribution in [0.2, 0.25) is 0 Å². The highest BCUT2D eigenvalue weighted by molar-refractivity contribution is 7.13. The molecule has 3 heterocycles. The third kappa shape index (κ3) is 4.86. The molecule has 3 aromatic heterocycles. The first-order valence-corrected chi connectivity index (χ1v) is 12.6. The van der Waals surface area contributed by atoms with Crippen LogP contribution in [0.25, 0.3) is 21.6 Å². The number of nitrogens with two attached hydrogens (primary N) is 1. The number of benzene rings is 1. The van der Waals surface area contributed by atoms with Gasteiger partial charge in [-0.15, -0.1) is 11.3 Å². The molecule has 1 saturated carbocycles. The average Bonchev–Trinajstić information content (AvgIpc) is 3.47. The minimum absolute atomic E-state index is 0.267. The Bertz CT molecular complexity index is 1210. The second-order valence-corrected chi connectivity index (χ2v) is 10.0. The summed E-state index contributed by atoms with van der Waals surface area (Å²) < 4.78 is 2.10. The van der Waals surface area contributed by atoms with Gasteiger partial charge < -0.3 is 20.9 Å². The highest BCUT2D eigenvalue weighted by Gasteiger charge is 2.21. The smallest absolute Gasteiger partial charge is 0.227 e. The number of aromatic nitrogens is 4. The predicted molar refractivity (Wildman–Crippen MR) is 137 cm³/mol. The normalized spacial score (nSPS) is 18.7. The van der Waals surface area contributed by atoms with Crippen LogP contribution in [-0.4, -0.2) is 31.6 Å². The van der Waals surface area contributed by atoms with E-state index in [9.17, 15) is 0 Å². The fourth-order valence-corrected chi connectivity index (χ4v) is 5.26. The van der Waals surface area contributed by atoms with Gasteiger partial charge in [-0.3, -0.25) is 0 Å². The lowest BCUT2D eigenvalue weighted by Gasteiger charge is -2.27. The van der Waals surface area contributed by atoms with Crippen molar-refractivity contribution in [1.29, 1.82) is 0 Å². The van der Waals surface area contributed by atoms with Crippen molar-refractivity contribution in [3.63, 3.8) is 0 Å². The molecule has 4 aromatic rings. The molecule has 0 aliphatic heterocycles. The van der Waals surface area contributed by atoms with E-state index in [0.717, 1.165) is 42.7 Å². The summed E-state index contributed by atoms with van der Waals surface area (Å²) in [6.07, 6.45) is 6.03. The summed E-state index contributed by atoms with van der Waals surface area (Å²) in [5.74, 6) is 1.42. The summed E-state index contributed by atoms with van der Waals surface area (Å²) in [4.78, 5) is 15.6. The summed E-state index contributed by atoms with van der Waals surface area (Å²) >= 11 is 1.76. The standard InChI is InChI=1S/C25H31N7S/c1-16(2)32-15-28-22-23(27-13-17-12-21(33-14-17)18-6-4-3-5-7-18)30-25(31-24(22)32)29-20-10-8-19(26)9-11-20/h3-7,12,14-16,19-20H,8-11,13,26H2,1-2H3,(H2,27,29,30,31). The summed E-state index contributed by atoms with van der Waals surface area (Å²) in [5, 5.41) is 9.28. The maximum absolute atomic E-state index is 6.08. The second-order valence-electron chi connectivity index (χ2n) is 9.11. The number of fused-ring (bicyclic) bond motifs is 1. The summed E-state index contributed by atoms with van der Waals surface area (Å²) in [5.41, 5.74) is 10.2. The monoisotopic (exact) mass is 461 g/mol. The largest absolute Gasteiger partial charge is 0.364 e. The maximum atomic E-state index is 6.08. The molecule has 8 heteroatoms. The van der Waals surface area contributed by atoms with Crippen LogP contribution in [-0.2, 0) is 6.54 Å². The second kappa shape index (κ2) is 9.49. The lowest BCUT2D eigenvalue weighted by Crippen LogP contribution is -2.33. The molecule has 1 aliphatic carbocycles. The van der Waals surface area contributed by atoms with Crippen molar-refractivity contribution in [3.8, 4) is 10.4 Å². The molecule has 1 aliphatic rings. The number of thiophene rings is 1. The maximum Gasteiger partial charge on any atom is 0.227 e. The Kier molecular flexibility index (Phi) is 6.28. The number of hydrogen-bond donors (Lipinski definition) is 3. The van der Waals surface area contributed by atoms with Crippen molar-refractivity contribution in [2.24, 2.45) is 5.73 Å². The van der Waals surface area contributed by atoms with Crippen LogP contribution in [0.15, 0.2) is 48.1 Å². The van der Waals surface area contributed by atoms with Gasteiger partial charge in [0, 0.05) is 29.5 Å². The Labute approximate surface area is 198 Å². The van der Waals surface area contributed by atoms with Gasteiger partial charge >= 0.3 is 0 Å². The van der Waals surface area contributed by atoms with Crippen LogP contribution in [0.5, 0.6) is 0 Å². The van der Waals surface area contributed by atoms with Gasteiger partial charge in [0.25, 0.3) is 0 Å². The first-order valence-electron chi connectivity index (χ1n) is 11.7. The Morgan fingerprint density at radius 1 is 1.12 bits per heavy atom. The fourth-order valence-electron chi connectivity index (χ4n) is 4.34. The molecular weight excluding hydrogens is 430 g/mol. The first kappa shape index (κ1) is 21.9. The van der Waals surface area contributed by atoms with Gasteiger partial charge in [0.1, 0.15) is 0 Å². The van der Waals surface area contributed by atoms with Crippen molar-refractivity contribution in [2.45, 2.75) is 64.2 Å². The van der Waals surface area contributed by atoms with Crippen LogP contribution < -0.4 is 16.4 Å². The van der Waals surface area contributed by atoms with Gasteiger partial charge in [-0.05, 0) is 62.1 Å². The molecule has 172 valence electrons. The molecule has 4 N–H and O–H groups in total. The van der Waals surface area contributed by atoms with Gasteiger partial charge in [-0.2, -0.15) is 9.97 Å². The van der Waals surface area contributed by atoms with Crippen molar-refractivity contribution in [2.75, 3.05) is 10.6 Å². The highest BCUT2D eigenvalue weighted by atomic mass is 32.1. The van der Waals surface area contributed by atoms with Crippen LogP contribution in [0.3, 0.4) is 0 Å². The van der Waals surface area contributed by atoms with E-state index in [2.05, 4.69) is 69.7 Å². The van der Waals surface area contributed by atoms with E-state index >= 15 is 0 Å². The molecule has 0 saturated heterocycles. The molecule has 33 heavy (non-hydrogen) atoms. The minimum Gasteiger partial charge on any atom is -0.364 e. The van der Waals surface area contributed by atoms with Crippen LogP contribution in [0.1, 0.15) is 51.1 Å². The van der Waals surface area contributed by atoms with E-state index < -0.39 is 0 Å². The van der Waals surface area contributed by atoms with E-state index in [1.807, 2.05) is 12.4 Å². The molecule has 5 rings (SSSR count). The van der Waals surface area contributed by atoms with Crippen LogP contribution >= 0.6 is 11.3 Å². The zero-order valence-corrected chi connectivity index (χ0v) is 20.0. The molecule has 0 atom stereocenters. The number of nitrogens with zero attached hydrogens (tertiary/aromatic N) is 4. The lowest BCUT2D eigenvalue weighted by atomic mass is 9.92. The summed E-state index contributed by atoms with van der Waals surface area (Å²) in [7, 11) is 0. The number of anilines is 2. The van der Waals surface area contributed by atoms with E-state index in [1.165, 1.54) is 16.0 Å². The van der Waals surface area contributed by atoms with Gasteiger partial charge in [-0.25, -0.2) is 4.98 Å². The van der Waals surface area contributed by atoms with Crippen LogP contribution in [0.4, 0.5) is 11.8 Å². The number of nitrogens with one attached hydrogen (secondary N) is 2. The van der Waals surface area contributed by atoms with Gasteiger partial charge in [0.2, 0.25) is 5.95 Å². The van der Waals surface area contributed by atoms with E-state index in [1.54, 1.807) is 11.3 Å². The number of imidazole rings is 1. The zero-order chi connectivity index (χ0) is 22.8. The van der Waals surface area contributed by atoms with Crippen molar-refractivity contribution < 1.29 is 0 Å². The third-order valence-corrected chi connectivity index (χ3v) is 7.28. The Morgan fingerprint density at radius 3 is 2.67 bits per heavy atom. The highest BCUT2D eigenvalue weighted by Crippen LogP contribution is 2.29. The topological polar surface area (TPSA) is 93.7 Å². The molecule has 0 bridgehead atoms. The Hall–Kier alpha value is -2.97. The Morgan fingerprint density at radius 2 is 1.91 bits per heavy atom. The summed E-state index contributed by atoms with van der Waals surface area (Å²) in [6.45, 7) is 4.96. The number of rotatable bonds is 7. The van der Waals surface area contributed by atoms with Gasteiger partial charge in [0.05, 0.1) is 6.33 Å². The Balaban J connectivity index is 1.39. The fraction of sp³-hybridized carbons (Fsp3) is 0.400. The molecule has 0 unspecified atom stereocenters. The quantitative estimate of drug-likeness (QED) is 0.340. The minimum atomic E-state index is 0.267. The third-order valence-electron chi connectivity index (χ3n) is 6.25. The van der Waals surface area contributed by atoms with Crippen molar-refractivity contribution in [1.82, 2.24) is 19.5 Å². The van der Waals surface area contributed by atoms with Crippen molar-refractivity contribution >= 4 is 34.3 Å². The zero-order valence-electron chi connectivity index (χ0n) is 19.2. The molecular formula is C25H31N7S. The van der Waals surface area contributed by atoms with Crippen LogP contribution in [0, 0.1) is 0 Å². The summed E-state index contributed by atoms with van der Waals surface area (Å²) in [6, 6.07) is 13.7. The SMILES string of the molecule is CC(C)n1cnc2c(NCc3csc(-c4ccccc4)c3)nc(NC3CCC(N)CC3)nc21. The van der Waals surface area contributed by atoms with E-state index in [-0.39, 0.29) is 6.04 Å². The van der Waals surface area contributed by atoms with E-state index in [4.69, 9.17) is 15.7 Å². The predicted octanol–water partition coefficient (Wildman–Crippen LogP) is 5.43. The molecule has 7 nitrogen and oxygen atoms in total. The molecule has 0 amide bonds. The molecule has 0 radical (unpaired) electrons. The average molecular weight is 462 g/mol. The van der Waals surface area contributed by atoms with E-state index in [0.29, 0.717) is 24.6 Å². The molecule has 0 spiro atoms.